The van der Waals surface area contributed by atoms with Crippen molar-refractivity contribution in [2.24, 2.45) is 0 Å². The Kier molecular flexibility index (Phi) is 4.73. The number of halogens is 2. The topological polar surface area (TPSA) is 42.1 Å². The number of aromatic nitrogens is 1. The molecule has 0 aliphatic heterocycles. The van der Waals surface area contributed by atoms with Gasteiger partial charge in [-0.3, -0.25) is 0 Å². The highest BCUT2D eigenvalue weighted by molar-refractivity contribution is 6.42. The van der Waals surface area contributed by atoms with Crippen LogP contribution in [0.2, 0.25) is 10.0 Å². The number of hydrogen-bond donors (Lipinski definition) is 1. The summed E-state index contributed by atoms with van der Waals surface area (Å²) in [6, 6.07) is 5.45. The number of esters is 1. The molecule has 0 spiro atoms. The van der Waals surface area contributed by atoms with Gasteiger partial charge in [-0.2, -0.15) is 0 Å². The van der Waals surface area contributed by atoms with Gasteiger partial charge in [0.1, 0.15) is 0 Å². The highest BCUT2D eigenvalue weighted by atomic mass is 35.5. The van der Waals surface area contributed by atoms with Crippen LogP contribution in [0.25, 0.3) is 0 Å². The van der Waals surface area contributed by atoms with E-state index in [4.69, 9.17) is 27.9 Å². The summed E-state index contributed by atoms with van der Waals surface area (Å²) < 4.78 is 5.08. The minimum absolute atomic E-state index is 0.304. The van der Waals surface area contributed by atoms with Crippen molar-refractivity contribution >= 4 is 29.2 Å². The van der Waals surface area contributed by atoms with Crippen LogP contribution in [0.1, 0.15) is 34.1 Å². The maximum atomic E-state index is 12.0. The van der Waals surface area contributed by atoms with Gasteiger partial charge < -0.3 is 9.72 Å². The van der Waals surface area contributed by atoms with Crippen LogP contribution in [0.15, 0.2) is 24.4 Å². The lowest BCUT2D eigenvalue weighted by molar-refractivity contribution is 0.0524. The van der Waals surface area contributed by atoms with E-state index in [1.807, 2.05) is 19.2 Å². The Balaban J connectivity index is 2.29. The molecule has 0 amide bonds. The molecule has 0 saturated carbocycles. The van der Waals surface area contributed by atoms with Crippen molar-refractivity contribution in [1.29, 1.82) is 0 Å². The second kappa shape index (κ2) is 6.33. The first-order valence-corrected chi connectivity index (χ1v) is 7.06. The Morgan fingerprint density at radius 1 is 1.30 bits per heavy atom. The summed E-state index contributed by atoms with van der Waals surface area (Å²) in [6.07, 6.45) is 2.42. The average Bonchev–Trinajstić information content (AvgIpc) is 2.75. The Morgan fingerprint density at radius 2 is 2.05 bits per heavy atom. The number of carbonyl (C=O) groups excluding carboxylic acids is 1. The largest absolute Gasteiger partial charge is 0.462 e. The van der Waals surface area contributed by atoms with Crippen LogP contribution in [0, 0.1) is 6.92 Å². The third kappa shape index (κ3) is 3.17. The summed E-state index contributed by atoms with van der Waals surface area (Å²) in [7, 11) is 0. The van der Waals surface area contributed by atoms with E-state index in [2.05, 4.69) is 4.98 Å². The van der Waals surface area contributed by atoms with E-state index in [-0.39, 0.29) is 5.97 Å². The molecule has 0 aliphatic rings. The minimum Gasteiger partial charge on any atom is -0.462 e. The summed E-state index contributed by atoms with van der Waals surface area (Å²) in [4.78, 5) is 15.0. The van der Waals surface area contributed by atoms with Gasteiger partial charge in [-0.05, 0) is 43.5 Å². The summed E-state index contributed by atoms with van der Waals surface area (Å²) in [5, 5.41) is 1.03. The number of benzene rings is 1. The highest BCUT2D eigenvalue weighted by Crippen LogP contribution is 2.25. The van der Waals surface area contributed by atoms with Crippen LogP contribution in [0.5, 0.6) is 0 Å². The summed E-state index contributed by atoms with van der Waals surface area (Å²) >= 11 is 11.9. The quantitative estimate of drug-likeness (QED) is 0.850. The molecule has 0 saturated heterocycles. The Bertz CT molecular complexity index is 635. The summed E-state index contributed by atoms with van der Waals surface area (Å²) in [5.74, 6) is -0.304. The van der Waals surface area contributed by atoms with E-state index in [1.165, 1.54) is 0 Å². The van der Waals surface area contributed by atoms with Crippen LogP contribution in [0.4, 0.5) is 0 Å². The summed E-state index contributed by atoms with van der Waals surface area (Å²) in [5.41, 5.74) is 3.28. The number of aromatic amines is 1. The zero-order valence-corrected chi connectivity index (χ0v) is 12.8. The van der Waals surface area contributed by atoms with Gasteiger partial charge in [0.25, 0.3) is 0 Å². The fraction of sp³-hybridized carbons (Fsp3) is 0.267. The van der Waals surface area contributed by atoms with Gasteiger partial charge in [0, 0.05) is 11.9 Å². The molecule has 2 aromatic rings. The molecular weight excluding hydrogens is 297 g/mol. The third-order valence-electron chi connectivity index (χ3n) is 3.02. The van der Waals surface area contributed by atoms with Crippen LogP contribution in [-0.2, 0) is 11.2 Å². The maximum Gasteiger partial charge on any atom is 0.340 e. The molecule has 0 radical (unpaired) electrons. The van der Waals surface area contributed by atoms with Gasteiger partial charge in [0.15, 0.2) is 0 Å². The molecule has 0 atom stereocenters. The second-order valence-electron chi connectivity index (χ2n) is 4.46. The first-order chi connectivity index (χ1) is 9.52. The number of hydrogen-bond acceptors (Lipinski definition) is 2. The zero-order chi connectivity index (χ0) is 14.7. The van der Waals surface area contributed by atoms with Crippen molar-refractivity contribution in [3.8, 4) is 0 Å². The van der Waals surface area contributed by atoms with E-state index in [9.17, 15) is 4.79 Å². The van der Waals surface area contributed by atoms with E-state index in [1.54, 1.807) is 19.1 Å². The molecule has 1 aromatic carbocycles. The molecule has 3 nitrogen and oxygen atoms in total. The van der Waals surface area contributed by atoms with Crippen molar-refractivity contribution in [2.75, 3.05) is 6.61 Å². The Morgan fingerprint density at radius 3 is 2.70 bits per heavy atom. The molecule has 0 aliphatic carbocycles. The normalized spacial score (nSPS) is 10.6. The fourth-order valence-corrected chi connectivity index (χ4v) is 2.40. The first-order valence-electron chi connectivity index (χ1n) is 6.30. The highest BCUT2D eigenvalue weighted by Gasteiger charge is 2.17. The zero-order valence-electron chi connectivity index (χ0n) is 11.3. The Hall–Kier alpha value is -1.45. The average molecular weight is 312 g/mol. The number of H-pyrrole nitrogens is 1. The van der Waals surface area contributed by atoms with Crippen molar-refractivity contribution in [1.82, 2.24) is 4.98 Å². The lowest BCUT2D eigenvalue weighted by atomic mass is 10.0. The standard InChI is InChI=1S/C15H15Cl2NO2/c1-3-20-15(19)14-9(2)18-8-11(14)6-10-4-5-12(16)13(17)7-10/h4-5,7-8,18H,3,6H2,1-2H3. The minimum atomic E-state index is -0.304. The second-order valence-corrected chi connectivity index (χ2v) is 5.27. The number of carbonyl (C=O) groups is 1. The molecule has 106 valence electrons. The van der Waals surface area contributed by atoms with Crippen LogP contribution in [-0.4, -0.2) is 17.6 Å². The van der Waals surface area contributed by atoms with Gasteiger partial charge in [-0.1, -0.05) is 29.3 Å². The molecule has 20 heavy (non-hydrogen) atoms. The molecule has 0 bridgehead atoms. The van der Waals surface area contributed by atoms with Gasteiger partial charge in [-0.25, -0.2) is 4.79 Å². The van der Waals surface area contributed by atoms with E-state index >= 15 is 0 Å². The predicted molar refractivity (Wildman–Crippen MR) is 80.8 cm³/mol. The molecule has 0 fully saturated rings. The smallest absolute Gasteiger partial charge is 0.340 e. The van der Waals surface area contributed by atoms with Crippen molar-refractivity contribution in [3.63, 3.8) is 0 Å². The van der Waals surface area contributed by atoms with Gasteiger partial charge in [0.05, 0.1) is 22.2 Å². The van der Waals surface area contributed by atoms with Crippen LogP contribution < -0.4 is 0 Å². The van der Waals surface area contributed by atoms with E-state index in [0.29, 0.717) is 28.6 Å². The van der Waals surface area contributed by atoms with E-state index < -0.39 is 0 Å². The lowest BCUT2D eigenvalue weighted by Crippen LogP contribution is -2.08. The first kappa shape index (κ1) is 14.9. The molecule has 0 unspecified atom stereocenters. The molecule has 5 heteroatoms. The number of rotatable bonds is 4. The number of ether oxygens (including phenoxy) is 1. The van der Waals surface area contributed by atoms with Gasteiger partial charge >= 0.3 is 5.97 Å². The maximum absolute atomic E-state index is 12.0. The number of nitrogens with one attached hydrogen (secondary N) is 1. The van der Waals surface area contributed by atoms with Crippen molar-refractivity contribution in [3.05, 3.63) is 56.8 Å². The number of aryl methyl sites for hydroxylation is 1. The molecule has 2 rings (SSSR count). The summed E-state index contributed by atoms with van der Waals surface area (Å²) in [6.45, 7) is 4.00. The predicted octanol–water partition coefficient (Wildman–Crippen LogP) is 4.40. The van der Waals surface area contributed by atoms with Gasteiger partial charge in [0.2, 0.25) is 0 Å². The lowest BCUT2D eigenvalue weighted by Gasteiger charge is -2.06. The van der Waals surface area contributed by atoms with E-state index in [0.717, 1.165) is 16.8 Å². The molecule has 1 heterocycles. The van der Waals surface area contributed by atoms with Crippen LogP contribution >= 0.6 is 23.2 Å². The fourth-order valence-electron chi connectivity index (χ4n) is 2.08. The molecular formula is C15H15Cl2NO2. The van der Waals surface area contributed by atoms with Crippen molar-refractivity contribution in [2.45, 2.75) is 20.3 Å². The molecule has 1 aromatic heterocycles. The SMILES string of the molecule is CCOC(=O)c1c(Cc2ccc(Cl)c(Cl)c2)c[nH]c1C. The van der Waals surface area contributed by atoms with Crippen LogP contribution in [0.3, 0.4) is 0 Å². The van der Waals surface area contributed by atoms with Crippen molar-refractivity contribution < 1.29 is 9.53 Å². The Labute approximate surface area is 127 Å². The van der Waals surface area contributed by atoms with Gasteiger partial charge in [-0.15, -0.1) is 0 Å². The monoisotopic (exact) mass is 311 g/mol. The molecule has 1 N–H and O–H groups in total. The third-order valence-corrected chi connectivity index (χ3v) is 3.76.